The van der Waals surface area contributed by atoms with Crippen molar-refractivity contribution in [2.75, 3.05) is 26.2 Å². The van der Waals surface area contributed by atoms with Gasteiger partial charge in [0.25, 0.3) is 0 Å². The van der Waals surface area contributed by atoms with Crippen LogP contribution in [-0.4, -0.2) is 36.2 Å². The monoisotopic (exact) mass is 285 g/mol. The molecule has 2 nitrogen and oxygen atoms in total. The second-order valence-corrected chi connectivity index (χ2v) is 6.10. The zero-order valence-corrected chi connectivity index (χ0v) is 14.2. The fraction of sp³-hybridized carbons (Fsp3) is 1.00. The second kappa shape index (κ2) is 17.0. The van der Waals surface area contributed by atoms with Gasteiger partial charge < -0.3 is 10.0 Å². The maximum absolute atomic E-state index is 8.71. The molecule has 0 aromatic heterocycles. The van der Waals surface area contributed by atoms with Gasteiger partial charge in [0.2, 0.25) is 0 Å². The number of hydrogen-bond donors (Lipinski definition) is 1. The Hall–Kier alpha value is -0.0800. The highest BCUT2D eigenvalue weighted by Gasteiger charge is 2.03. The van der Waals surface area contributed by atoms with Crippen LogP contribution in [0, 0.1) is 0 Å². The van der Waals surface area contributed by atoms with Crippen LogP contribution < -0.4 is 0 Å². The Morgan fingerprint density at radius 2 is 0.950 bits per heavy atom. The fourth-order valence-electron chi connectivity index (χ4n) is 2.61. The molecule has 0 aromatic carbocycles. The number of nitrogens with zero attached hydrogens (tertiary/aromatic N) is 1. The first-order valence-corrected chi connectivity index (χ1v) is 9.18. The Bertz CT molecular complexity index is 165. The van der Waals surface area contributed by atoms with Crippen molar-refractivity contribution in [1.29, 1.82) is 0 Å². The van der Waals surface area contributed by atoms with E-state index in [1.54, 1.807) is 0 Å². The van der Waals surface area contributed by atoms with Crippen LogP contribution in [0.1, 0.15) is 90.9 Å². The Morgan fingerprint density at radius 3 is 1.40 bits per heavy atom. The number of unbranched alkanes of at least 4 members (excludes halogenated alkanes) is 9. The minimum Gasteiger partial charge on any atom is -0.396 e. The van der Waals surface area contributed by atoms with Gasteiger partial charge >= 0.3 is 0 Å². The van der Waals surface area contributed by atoms with E-state index >= 15 is 0 Å². The molecule has 0 radical (unpaired) electrons. The Balaban J connectivity index is 3.38. The summed E-state index contributed by atoms with van der Waals surface area (Å²) in [4.78, 5) is 2.67. The first-order valence-electron chi connectivity index (χ1n) is 9.18. The highest BCUT2D eigenvalue weighted by molar-refractivity contribution is 4.58. The predicted molar refractivity (Wildman–Crippen MR) is 90.3 cm³/mol. The largest absolute Gasteiger partial charge is 0.396 e. The molecule has 0 saturated carbocycles. The molecule has 0 saturated heterocycles. The molecule has 0 rings (SSSR count). The van der Waals surface area contributed by atoms with Crippen molar-refractivity contribution in [3.05, 3.63) is 0 Å². The lowest BCUT2D eigenvalue weighted by atomic mass is 10.1. The molecule has 0 bridgehead atoms. The van der Waals surface area contributed by atoms with Crippen molar-refractivity contribution in [1.82, 2.24) is 4.90 Å². The second-order valence-electron chi connectivity index (χ2n) is 6.10. The summed E-state index contributed by atoms with van der Waals surface area (Å²) < 4.78 is 0. The quantitative estimate of drug-likeness (QED) is 0.403. The van der Waals surface area contributed by atoms with Crippen LogP contribution in [-0.2, 0) is 0 Å². The van der Waals surface area contributed by atoms with Crippen LogP contribution in [0.15, 0.2) is 0 Å². The van der Waals surface area contributed by atoms with Crippen molar-refractivity contribution < 1.29 is 5.11 Å². The first-order chi connectivity index (χ1) is 9.85. The molecule has 122 valence electrons. The third-order valence-electron chi connectivity index (χ3n) is 4.04. The normalized spacial score (nSPS) is 11.4. The van der Waals surface area contributed by atoms with Crippen LogP contribution in [0.25, 0.3) is 0 Å². The minimum absolute atomic E-state index is 0.366. The lowest BCUT2D eigenvalue weighted by molar-refractivity contribution is 0.258. The summed E-state index contributed by atoms with van der Waals surface area (Å²) in [5, 5.41) is 8.71. The van der Waals surface area contributed by atoms with Gasteiger partial charge in [-0.2, -0.15) is 0 Å². The Morgan fingerprint density at radius 1 is 0.550 bits per heavy atom. The van der Waals surface area contributed by atoms with Gasteiger partial charge in [-0.25, -0.2) is 0 Å². The standard InChI is InChI=1S/C18H39NO/c1-3-5-15-19(16-6-4-2)17-13-11-9-7-8-10-12-14-18-20/h20H,3-18H2,1-2H3. The van der Waals surface area contributed by atoms with Gasteiger partial charge in [-0.1, -0.05) is 65.2 Å². The smallest absolute Gasteiger partial charge is 0.0431 e. The minimum atomic E-state index is 0.366. The summed E-state index contributed by atoms with van der Waals surface area (Å²) >= 11 is 0. The lowest BCUT2D eigenvalue weighted by Crippen LogP contribution is -2.27. The van der Waals surface area contributed by atoms with Crippen LogP contribution >= 0.6 is 0 Å². The molecule has 0 fully saturated rings. The highest BCUT2D eigenvalue weighted by Crippen LogP contribution is 2.09. The van der Waals surface area contributed by atoms with Crippen molar-refractivity contribution in [2.24, 2.45) is 0 Å². The van der Waals surface area contributed by atoms with Gasteiger partial charge in [0, 0.05) is 6.61 Å². The summed E-state index contributed by atoms with van der Waals surface area (Å²) in [5.74, 6) is 0. The van der Waals surface area contributed by atoms with Gasteiger partial charge in [-0.3, -0.25) is 0 Å². The first kappa shape index (κ1) is 19.9. The number of aliphatic hydroxyl groups is 1. The molecule has 0 spiro atoms. The summed E-state index contributed by atoms with van der Waals surface area (Å²) in [6.07, 6.45) is 15.8. The average Bonchev–Trinajstić information content (AvgIpc) is 2.47. The zero-order chi connectivity index (χ0) is 14.9. The summed E-state index contributed by atoms with van der Waals surface area (Å²) in [7, 11) is 0. The van der Waals surface area contributed by atoms with Crippen LogP contribution in [0.3, 0.4) is 0 Å². The zero-order valence-electron chi connectivity index (χ0n) is 14.2. The van der Waals surface area contributed by atoms with Gasteiger partial charge in [-0.05, 0) is 45.3 Å². The van der Waals surface area contributed by atoms with E-state index in [9.17, 15) is 0 Å². The molecule has 0 aliphatic carbocycles. The lowest BCUT2D eigenvalue weighted by Gasteiger charge is -2.21. The van der Waals surface area contributed by atoms with E-state index in [-0.39, 0.29) is 0 Å². The molecule has 0 aliphatic rings. The summed E-state index contributed by atoms with van der Waals surface area (Å²) in [5.41, 5.74) is 0. The molecule has 0 aromatic rings. The predicted octanol–water partition coefficient (Wildman–Crippen LogP) is 5.00. The molecular weight excluding hydrogens is 246 g/mol. The van der Waals surface area contributed by atoms with Gasteiger partial charge in [0.05, 0.1) is 0 Å². The molecule has 2 heteroatoms. The third kappa shape index (κ3) is 14.3. The molecule has 20 heavy (non-hydrogen) atoms. The van der Waals surface area contributed by atoms with Crippen molar-refractivity contribution in [3.8, 4) is 0 Å². The topological polar surface area (TPSA) is 23.5 Å². The van der Waals surface area contributed by atoms with Crippen molar-refractivity contribution in [2.45, 2.75) is 90.9 Å². The van der Waals surface area contributed by atoms with E-state index < -0.39 is 0 Å². The highest BCUT2D eigenvalue weighted by atomic mass is 16.2. The van der Waals surface area contributed by atoms with E-state index in [1.165, 1.54) is 90.3 Å². The molecule has 0 heterocycles. The van der Waals surface area contributed by atoms with Crippen LogP contribution in [0.2, 0.25) is 0 Å². The van der Waals surface area contributed by atoms with E-state index in [1.807, 2.05) is 0 Å². The van der Waals surface area contributed by atoms with E-state index in [2.05, 4.69) is 18.7 Å². The van der Waals surface area contributed by atoms with Crippen LogP contribution in [0.5, 0.6) is 0 Å². The molecule has 1 N–H and O–H groups in total. The fourth-order valence-corrected chi connectivity index (χ4v) is 2.61. The van der Waals surface area contributed by atoms with Crippen molar-refractivity contribution >= 4 is 0 Å². The van der Waals surface area contributed by atoms with Crippen molar-refractivity contribution in [3.63, 3.8) is 0 Å². The Kier molecular flexibility index (Phi) is 16.9. The summed E-state index contributed by atoms with van der Waals surface area (Å²) in [6, 6.07) is 0. The molecule has 0 aliphatic heterocycles. The molecular formula is C18H39NO. The maximum atomic E-state index is 8.71. The molecule has 0 unspecified atom stereocenters. The van der Waals surface area contributed by atoms with Crippen LogP contribution in [0.4, 0.5) is 0 Å². The SMILES string of the molecule is CCCCN(CCCC)CCCCCCCCCCO. The van der Waals surface area contributed by atoms with E-state index in [0.29, 0.717) is 6.61 Å². The summed E-state index contributed by atoms with van der Waals surface area (Å²) in [6.45, 7) is 8.86. The number of aliphatic hydroxyl groups excluding tert-OH is 1. The molecule has 0 atom stereocenters. The van der Waals surface area contributed by atoms with Gasteiger partial charge in [0.1, 0.15) is 0 Å². The van der Waals surface area contributed by atoms with E-state index in [4.69, 9.17) is 5.11 Å². The molecule has 0 amide bonds. The van der Waals surface area contributed by atoms with E-state index in [0.717, 1.165) is 6.42 Å². The Labute approximate surface area is 127 Å². The third-order valence-corrected chi connectivity index (χ3v) is 4.04. The number of rotatable bonds is 16. The maximum Gasteiger partial charge on any atom is 0.0431 e. The number of hydrogen-bond acceptors (Lipinski definition) is 2. The van der Waals surface area contributed by atoms with Gasteiger partial charge in [-0.15, -0.1) is 0 Å². The average molecular weight is 286 g/mol. The van der Waals surface area contributed by atoms with Gasteiger partial charge in [0.15, 0.2) is 0 Å².